The first-order valence-electron chi connectivity index (χ1n) is 10.3. The summed E-state index contributed by atoms with van der Waals surface area (Å²) in [6.07, 6.45) is 1.10. The number of anilines is 1. The Morgan fingerprint density at radius 3 is 1.94 bits per heavy atom. The second-order valence-electron chi connectivity index (χ2n) is 6.70. The standard InChI is InChI=1S/C24H22N2O7S/c1-4-32-22(29)15-6-10-17(11-7-15)25-24-26(21(28)19(34-24)14-20(27)31-3)18-12-8-16(9-13-18)23(30)33-5-2/h6-14H,4-5H2,1-3H3/b19-14+,25-24?. The number of amidine groups is 1. The van der Waals surface area contributed by atoms with Crippen molar-refractivity contribution in [2.75, 3.05) is 25.2 Å². The number of nitrogens with zero attached hydrogens (tertiary/aromatic N) is 2. The molecule has 0 bridgehead atoms. The average Bonchev–Trinajstić information content (AvgIpc) is 3.14. The molecule has 0 unspecified atom stereocenters. The molecule has 3 rings (SSSR count). The van der Waals surface area contributed by atoms with E-state index in [0.717, 1.165) is 17.8 Å². The highest BCUT2D eigenvalue weighted by molar-refractivity contribution is 8.19. The minimum Gasteiger partial charge on any atom is -0.466 e. The van der Waals surface area contributed by atoms with Crippen LogP contribution in [-0.2, 0) is 23.8 Å². The number of ether oxygens (including phenoxy) is 3. The van der Waals surface area contributed by atoms with Crippen LogP contribution in [0.4, 0.5) is 11.4 Å². The first-order chi connectivity index (χ1) is 16.4. The van der Waals surface area contributed by atoms with Gasteiger partial charge in [-0.15, -0.1) is 0 Å². The van der Waals surface area contributed by atoms with Gasteiger partial charge < -0.3 is 14.2 Å². The van der Waals surface area contributed by atoms with Crippen LogP contribution in [0.15, 0.2) is 64.5 Å². The highest BCUT2D eigenvalue weighted by atomic mass is 32.2. The van der Waals surface area contributed by atoms with Gasteiger partial charge in [0.2, 0.25) is 0 Å². The Bertz CT molecular complexity index is 1150. The summed E-state index contributed by atoms with van der Waals surface area (Å²) in [5, 5.41) is 0.285. The Hall–Kier alpha value is -3.92. The first-order valence-corrected chi connectivity index (χ1v) is 11.1. The van der Waals surface area contributed by atoms with E-state index in [9.17, 15) is 19.2 Å². The van der Waals surface area contributed by atoms with Crippen LogP contribution in [0.3, 0.4) is 0 Å². The van der Waals surface area contributed by atoms with Gasteiger partial charge in [-0.1, -0.05) is 0 Å². The number of hydrogen-bond donors (Lipinski definition) is 0. The summed E-state index contributed by atoms with van der Waals surface area (Å²) in [6, 6.07) is 12.6. The van der Waals surface area contributed by atoms with Crippen LogP contribution >= 0.6 is 11.8 Å². The van der Waals surface area contributed by atoms with Gasteiger partial charge in [0.1, 0.15) is 0 Å². The molecule has 176 valence electrons. The third-order valence-corrected chi connectivity index (χ3v) is 5.47. The SMILES string of the molecule is CCOC(=O)c1ccc(N=C2S/C(=C/C(=O)OC)C(=O)N2c2ccc(C(=O)OCC)cc2)cc1. The third-order valence-electron chi connectivity index (χ3n) is 4.50. The molecule has 1 amide bonds. The van der Waals surface area contributed by atoms with Crippen LogP contribution in [0.2, 0.25) is 0 Å². The fourth-order valence-electron chi connectivity index (χ4n) is 2.90. The van der Waals surface area contributed by atoms with Crippen LogP contribution in [-0.4, -0.2) is 49.3 Å². The zero-order chi connectivity index (χ0) is 24.7. The van der Waals surface area contributed by atoms with Gasteiger partial charge in [0.15, 0.2) is 5.17 Å². The predicted molar refractivity (Wildman–Crippen MR) is 127 cm³/mol. The Labute approximate surface area is 200 Å². The zero-order valence-corrected chi connectivity index (χ0v) is 19.6. The fraction of sp³-hybridized carbons (Fsp3) is 0.208. The van der Waals surface area contributed by atoms with E-state index in [1.807, 2.05) is 0 Å². The maximum atomic E-state index is 13.1. The number of rotatable bonds is 7. The van der Waals surface area contributed by atoms with Crippen molar-refractivity contribution in [3.05, 3.63) is 70.6 Å². The zero-order valence-electron chi connectivity index (χ0n) is 18.8. The molecule has 0 aromatic heterocycles. The number of hydrogen-bond acceptors (Lipinski definition) is 9. The topological polar surface area (TPSA) is 112 Å². The number of thioether (sulfide) groups is 1. The summed E-state index contributed by atoms with van der Waals surface area (Å²) in [5.41, 5.74) is 1.64. The van der Waals surface area contributed by atoms with Gasteiger partial charge >= 0.3 is 17.9 Å². The van der Waals surface area contributed by atoms with E-state index in [1.165, 1.54) is 12.0 Å². The lowest BCUT2D eigenvalue weighted by Crippen LogP contribution is -2.28. The van der Waals surface area contributed by atoms with Crippen LogP contribution < -0.4 is 4.90 Å². The lowest BCUT2D eigenvalue weighted by molar-refractivity contribution is -0.135. The summed E-state index contributed by atoms with van der Waals surface area (Å²) in [4.78, 5) is 54.6. The van der Waals surface area contributed by atoms with E-state index in [2.05, 4.69) is 9.73 Å². The summed E-state index contributed by atoms with van der Waals surface area (Å²) >= 11 is 1.00. The Kier molecular flexibility index (Phi) is 8.20. The Morgan fingerprint density at radius 2 is 1.44 bits per heavy atom. The smallest absolute Gasteiger partial charge is 0.338 e. The number of methoxy groups -OCH3 is 1. The van der Waals surface area contributed by atoms with Gasteiger partial charge in [0, 0.05) is 6.08 Å². The molecular weight excluding hydrogens is 460 g/mol. The van der Waals surface area contributed by atoms with Crippen molar-refractivity contribution < 1.29 is 33.4 Å². The average molecular weight is 483 g/mol. The minimum absolute atomic E-state index is 0.128. The van der Waals surface area contributed by atoms with Gasteiger partial charge in [0.25, 0.3) is 5.91 Å². The maximum Gasteiger partial charge on any atom is 0.338 e. The van der Waals surface area contributed by atoms with Gasteiger partial charge in [-0.25, -0.2) is 19.4 Å². The molecule has 0 aliphatic carbocycles. The van der Waals surface area contributed by atoms with E-state index < -0.39 is 23.8 Å². The molecule has 10 heteroatoms. The predicted octanol–water partition coefficient (Wildman–Crippen LogP) is 3.86. The van der Waals surface area contributed by atoms with Crippen LogP contribution in [0.5, 0.6) is 0 Å². The van der Waals surface area contributed by atoms with Crippen molar-refractivity contribution in [2.24, 2.45) is 4.99 Å². The number of amides is 1. The largest absolute Gasteiger partial charge is 0.466 e. The highest BCUT2D eigenvalue weighted by Crippen LogP contribution is 2.36. The van der Waals surface area contributed by atoms with Crippen LogP contribution in [0, 0.1) is 0 Å². The number of aliphatic imine (C=N–C) groups is 1. The van der Waals surface area contributed by atoms with Crippen molar-refractivity contribution in [1.82, 2.24) is 0 Å². The minimum atomic E-state index is -0.673. The molecule has 34 heavy (non-hydrogen) atoms. The summed E-state index contributed by atoms with van der Waals surface area (Å²) in [6.45, 7) is 3.94. The molecule has 1 fully saturated rings. The molecule has 0 radical (unpaired) electrons. The fourth-order valence-corrected chi connectivity index (χ4v) is 3.86. The molecule has 0 atom stereocenters. The first kappa shape index (κ1) is 24.7. The second-order valence-corrected chi connectivity index (χ2v) is 7.71. The molecule has 0 saturated carbocycles. The number of carbonyl (C=O) groups excluding carboxylic acids is 4. The maximum absolute atomic E-state index is 13.1. The van der Waals surface area contributed by atoms with E-state index >= 15 is 0 Å². The summed E-state index contributed by atoms with van der Waals surface area (Å²) in [5.74, 6) is -2.06. The lowest BCUT2D eigenvalue weighted by atomic mass is 10.2. The van der Waals surface area contributed by atoms with E-state index in [0.29, 0.717) is 22.5 Å². The van der Waals surface area contributed by atoms with Gasteiger partial charge in [-0.3, -0.25) is 9.69 Å². The molecule has 2 aromatic carbocycles. The second kappa shape index (κ2) is 11.3. The lowest BCUT2D eigenvalue weighted by Gasteiger charge is -2.16. The van der Waals surface area contributed by atoms with E-state index in [4.69, 9.17) is 9.47 Å². The molecular formula is C24H22N2O7S. The van der Waals surface area contributed by atoms with Crippen LogP contribution in [0.25, 0.3) is 0 Å². The molecule has 2 aromatic rings. The number of benzene rings is 2. The highest BCUT2D eigenvalue weighted by Gasteiger charge is 2.35. The van der Waals surface area contributed by atoms with E-state index in [-0.39, 0.29) is 23.3 Å². The van der Waals surface area contributed by atoms with Crippen molar-refractivity contribution in [3.63, 3.8) is 0 Å². The normalized spacial score (nSPS) is 15.5. The number of carbonyl (C=O) groups is 4. The van der Waals surface area contributed by atoms with E-state index in [1.54, 1.807) is 62.4 Å². The Morgan fingerprint density at radius 1 is 0.912 bits per heavy atom. The third kappa shape index (κ3) is 5.70. The number of esters is 3. The van der Waals surface area contributed by atoms with Gasteiger partial charge in [0.05, 0.1) is 47.7 Å². The quantitative estimate of drug-likeness (QED) is 0.332. The Balaban J connectivity index is 1.96. The molecule has 0 spiro atoms. The molecule has 1 aliphatic heterocycles. The van der Waals surface area contributed by atoms with Crippen LogP contribution in [0.1, 0.15) is 34.6 Å². The molecule has 1 saturated heterocycles. The molecule has 1 heterocycles. The van der Waals surface area contributed by atoms with Crippen molar-refractivity contribution in [1.29, 1.82) is 0 Å². The van der Waals surface area contributed by atoms with Gasteiger partial charge in [-0.05, 0) is 74.1 Å². The summed E-state index contributed by atoms with van der Waals surface area (Å²) < 4.78 is 14.6. The van der Waals surface area contributed by atoms with Crippen molar-refractivity contribution in [3.8, 4) is 0 Å². The van der Waals surface area contributed by atoms with Crippen molar-refractivity contribution >= 4 is 52.1 Å². The molecule has 9 nitrogen and oxygen atoms in total. The monoisotopic (exact) mass is 482 g/mol. The summed E-state index contributed by atoms with van der Waals surface area (Å²) in [7, 11) is 1.22. The van der Waals surface area contributed by atoms with Crippen molar-refractivity contribution in [2.45, 2.75) is 13.8 Å². The molecule has 1 aliphatic rings. The van der Waals surface area contributed by atoms with Gasteiger partial charge in [-0.2, -0.15) is 0 Å². The molecule has 0 N–H and O–H groups in total.